The van der Waals surface area contributed by atoms with Gasteiger partial charge in [-0.1, -0.05) is 30.3 Å². The molecule has 1 unspecified atom stereocenters. The van der Waals surface area contributed by atoms with Crippen LogP contribution in [0.5, 0.6) is 17.2 Å². The number of amides is 2. The van der Waals surface area contributed by atoms with E-state index in [4.69, 9.17) is 9.47 Å². The van der Waals surface area contributed by atoms with Crippen molar-refractivity contribution >= 4 is 28.4 Å². The van der Waals surface area contributed by atoms with Crippen molar-refractivity contribution in [3.8, 4) is 17.2 Å². The van der Waals surface area contributed by atoms with E-state index in [9.17, 15) is 9.59 Å². The molecule has 1 aliphatic heterocycles. The minimum Gasteiger partial charge on any atom is -0.493 e. The molecule has 0 fully saturated rings. The Morgan fingerprint density at radius 1 is 0.944 bits per heavy atom. The lowest BCUT2D eigenvalue weighted by Crippen LogP contribution is -2.31. The Labute approximate surface area is 209 Å². The van der Waals surface area contributed by atoms with Gasteiger partial charge < -0.3 is 14.8 Å². The van der Waals surface area contributed by atoms with Crippen molar-refractivity contribution in [3.63, 3.8) is 0 Å². The molecule has 36 heavy (non-hydrogen) atoms. The van der Waals surface area contributed by atoms with E-state index in [1.807, 2.05) is 48.5 Å². The quantitative estimate of drug-likeness (QED) is 0.299. The molecule has 4 aromatic rings. The number of ether oxygens (including phenoxy) is 2. The monoisotopic (exact) mass is 481 g/mol. The number of aromatic nitrogens is 1. The molecular weight excluding hydrogens is 454 g/mol. The summed E-state index contributed by atoms with van der Waals surface area (Å²) < 4.78 is 11.9. The number of para-hydroxylation sites is 1. The Balaban J connectivity index is 1.30. The number of hydrogen-bond acceptors (Lipinski definition) is 6. The summed E-state index contributed by atoms with van der Waals surface area (Å²) in [4.78, 5) is 31.2. The Morgan fingerprint density at radius 3 is 2.33 bits per heavy atom. The third-order valence-electron chi connectivity index (χ3n) is 6.29. The predicted molar refractivity (Wildman–Crippen MR) is 139 cm³/mol. The molecule has 0 radical (unpaired) electrons. The molecule has 1 aromatic heterocycles. The minimum atomic E-state index is -0.217. The van der Waals surface area contributed by atoms with Gasteiger partial charge in [-0.2, -0.15) is 0 Å². The van der Waals surface area contributed by atoms with Crippen LogP contribution in [0.3, 0.4) is 0 Å². The van der Waals surface area contributed by atoms with E-state index in [1.54, 1.807) is 37.6 Å². The highest BCUT2D eigenvalue weighted by Gasteiger charge is 2.34. The number of fused-ring (bicyclic) bond motifs is 2. The van der Waals surface area contributed by atoms with Gasteiger partial charge in [0.2, 0.25) is 0 Å². The van der Waals surface area contributed by atoms with Crippen LogP contribution in [0.2, 0.25) is 0 Å². The first-order valence-electron chi connectivity index (χ1n) is 12.0. The third kappa shape index (κ3) is 4.47. The van der Waals surface area contributed by atoms with Crippen molar-refractivity contribution in [1.82, 2.24) is 9.88 Å². The fourth-order valence-corrected chi connectivity index (χ4v) is 4.51. The highest BCUT2D eigenvalue weighted by Crippen LogP contribution is 2.42. The van der Waals surface area contributed by atoms with Crippen LogP contribution in [0.1, 0.15) is 40.5 Å². The maximum atomic E-state index is 12.6. The van der Waals surface area contributed by atoms with Crippen LogP contribution < -0.4 is 14.8 Å². The van der Waals surface area contributed by atoms with Gasteiger partial charge in [0.05, 0.1) is 29.4 Å². The number of nitrogens with one attached hydrogen (secondary N) is 1. The second-order valence-corrected chi connectivity index (χ2v) is 8.77. The van der Waals surface area contributed by atoms with E-state index in [0.717, 1.165) is 23.0 Å². The van der Waals surface area contributed by atoms with Crippen LogP contribution in [0.15, 0.2) is 79.0 Å². The Morgan fingerprint density at radius 2 is 1.64 bits per heavy atom. The second kappa shape index (κ2) is 10.1. The van der Waals surface area contributed by atoms with Crippen LogP contribution in [0.4, 0.5) is 5.69 Å². The normalized spacial score (nSPS) is 13.6. The highest BCUT2D eigenvalue weighted by atomic mass is 16.5. The molecule has 5 rings (SSSR count). The molecule has 7 heteroatoms. The number of carbonyl (C=O) groups excluding carboxylic acids is 2. The van der Waals surface area contributed by atoms with Crippen LogP contribution >= 0.6 is 0 Å². The highest BCUT2D eigenvalue weighted by molar-refractivity contribution is 6.21. The van der Waals surface area contributed by atoms with Gasteiger partial charge >= 0.3 is 0 Å². The van der Waals surface area contributed by atoms with Gasteiger partial charge in [-0.3, -0.25) is 19.5 Å². The third-order valence-corrected chi connectivity index (χ3v) is 6.29. The molecule has 2 amide bonds. The number of anilines is 1. The minimum absolute atomic E-state index is 0.0657. The Bertz CT molecular complexity index is 1390. The van der Waals surface area contributed by atoms with Gasteiger partial charge in [-0.05, 0) is 56.2 Å². The maximum Gasteiger partial charge on any atom is 0.261 e. The number of pyridine rings is 1. The second-order valence-electron chi connectivity index (χ2n) is 8.77. The lowest BCUT2D eigenvalue weighted by Gasteiger charge is -2.21. The standard InChI is InChI=1S/C29H27N3O4/c1-19(10-9-17-32-28(33)21-13-6-7-14-22(21)29(32)34)31-24-18-25(35-2)27(23-15-8-16-30-26(23)24)36-20-11-4-3-5-12-20/h3-8,11-16,18-19,31H,9-10,17H2,1-2H3. The largest absolute Gasteiger partial charge is 0.493 e. The fraction of sp³-hybridized carbons (Fsp3) is 0.207. The molecule has 2 heterocycles. The molecule has 1 aliphatic rings. The zero-order valence-electron chi connectivity index (χ0n) is 20.2. The summed E-state index contributed by atoms with van der Waals surface area (Å²) >= 11 is 0. The Hall–Kier alpha value is -4.39. The van der Waals surface area contributed by atoms with Gasteiger partial charge in [-0.15, -0.1) is 0 Å². The van der Waals surface area contributed by atoms with Crippen LogP contribution in [-0.2, 0) is 0 Å². The van der Waals surface area contributed by atoms with Gasteiger partial charge in [-0.25, -0.2) is 0 Å². The van der Waals surface area contributed by atoms with Gasteiger partial charge in [0, 0.05) is 30.2 Å². The number of nitrogens with zero attached hydrogens (tertiary/aromatic N) is 2. The van der Waals surface area contributed by atoms with E-state index < -0.39 is 0 Å². The van der Waals surface area contributed by atoms with Crippen LogP contribution in [-0.4, -0.2) is 41.4 Å². The van der Waals surface area contributed by atoms with Gasteiger partial charge in [0.1, 0.15) is 5.75 Å². The Kier molecular flexibility index (Phi) is 6.54. The van der Waals surface area contributed by atoms with Crippen molar-refractivity contribution in [2.45, 2.75) is 25.8 Å². The number of methoxy groups -OCH3 is 1. The zero-order chi connectivity index (χ0) is 25.1. The first-order valence-corrected chi connectivity index (χ1v) is 12.0. The van der Waals surface area contributed by atoms with E-state index >= 15 is 0 Å². The van der Waals surface area contributed by atoms with Crippen molar-refractivity contribution in [1.29, 1.82) is 0 Å². The molecule has 7 nitrogen and oxygen atoms in total. The fourth-order valence-electron chi connectivity index (χ4n) is 4.51. The molecule has 3 aromatic carbocycles. The first kappa shape index (κ1) is 23.4. The SMILES string of the molecule is COc1cc(NC(C)CCCN2C(=O)c3ccccc3C2=O)c2ncccc2c1Oc1ccccc1. The number of imide groups is 1. The van der Waals surface area contributed by atoms with E-state index in [2.05, 4.69) is 17.2 Å². The molecular formula is C29H27N3O4. The summed E-state index contributed by atoms with van der Waals surface area (Å²) in [7, 11) is 1.62. The maximum absolute atomic E-state index is 12.6. The predicted octanol–water partition coefficient (Wildman–Crippen LogP) is 5.91. The lowest BCUT2D eigenvalue weighted by atomic mass is 10.1. The summed E-state index contributed by atoms with van der Waals surface area (Å²) in [5.41, 5.74) is 2.57. The van der Waals surface area contributed by atoms with Crippen molar-refractivity contribution in [3.05, 3.63) is 90.1 Å². The molecule has 0 saturated heterocycles. The molecule has 182 valence electrons. The summed E-state index contributed by atoms with van der Waals surface area (Å²) in [6, 6.07) is 22.3. The van der Waals surface area contributed by atoms with Crippen molar-refractivity contribution < 1.29 is 19.1 Å². The number of rotatable bonds is 9. The summed E-state index contributed by atoms with van der Waals surface area (Å²) in [5.74, 6) is 1.48. The zero-order valence-corrected chi connectivity index (χ0v) is 20.2. The van der Waals surface area contributed by atoms with Crippen LogP contribution in [0, 0.1) is 0 Å². The molecule has 1 atom stereocenters. The number of carbonyl (C=O) groups is 2. The van der Waals surface area contributed by atoms with Crippen LogP contribution in [0.25, 0.3) is 10.9 Å². The van der Waals surface area contributed by atoms with E-state index in [-0.39, 0.29) is 17.9 Å². The van der Waals surface area contributed by atoms with Crippen molar-refractivity contribution in [2.24, 2.45) is 0 Å². The summed E-state index contributed by atoms with van der Waals surface area (Å²) in [6.07, 6.45) is 3.18. The number of hydrogen-bond donors (Lipinski definition) is 1. The van der Waals surface area contributed by atoms with E-state index in [1.165, 1.54) is 4.90 Å². The smallest absolute Gasteiger partial charge is 0.261 e. The summed E-state index contributed by atoms with van der Waals surface area (Å²) in [5, 5.41) is 4.36. The number of benzene rings is 3. The first-order chi connectivity index (χ1) is 17.6. The molecule has 1 N–H and O–H groups in total. The van der Waals surface area contributed by atoms with Crippen molar-refractivity contribution in [2.75, 3.05) is 19.0 Å². The molecule has 0 aliphatic carbocycles. The van der Waals surface area contributed by atoms with Gasteiger partial charge in [0.25, 0.3) is 11.8 Å². The molecule has 0 spiro atoms. The van der Waals surface area contributed by atoms with E-state index in [0.29, 0.717) is 41.3 Å². The molecule has 0 saturated carbocycles. The average Bonchev–Trinajstić information content (AvgIpc) is 3.15. The van der Waals surface area contributed by atoms with Gasteiger partial charge in [0.15, 0.2) is 11.5 Å². The lowest BCUT2D eigenvalue weighted by molar-refractivity contribution is 0.0651. The average molecular weight is 482 g/mol. The summed E-state index contributed by atoms with van der Waals surface area (Å²) in [6.45, 7) is 2.45. The topological polar surface area (TPSA) is 80.8 Å². The molecule has 0 bridgehead atoms.